The molecule has 0 N–H and O–H groups in total. The zero-order chi connectivity index (χ0) is 3.58. The normalized spacial score (nSPS) is 7.00. The van der Waals surface area contributed by atoms with Crippen LogP contribution in [-0.4, -0.2) is 13.3 Å². The minimum atomic E-state index is -3.11. The summed E-state index contributed by atoms with van der Waals surface area (Å²) in [7, 11) is 0. The molecule has 0 aromatic heterocycles. The summed E-state index contributed by atoms with van der Waals surface area (Å²) in [5.41, 5.74) is 0. The summed E-state index contributed by atoms with van der Waals surface area (Å²) in [6, 6.07) is 0. The van der Waals surface area contributed by atoms with Crippen molar-refractivity contribution < 1.29 is 42.9 Å². The van der Waals surface area contributed by atoms with Gasteiger partial charge in [-0.2, -0.15) is 0 Å². The van der Waals surface area contributed by atoms with Crippen molar-refractivity contribution in [3.63, 3.8) is 0 Å². The maximum absolute atomic E-state index is 8.44. The molecule has 5 heteroatoms. The van der Waals surface area contributed by atoms with Gasteiger partial charge >= 0.3 is 29.6 Å². The van der Waals surface area contributed by atoms with E-state index in [1.807, 2.05) is 0 Å². The van der Waals surface area contributed by atoms with E-state index in [0.717, 1.165) is 0 Å². The van der Waals surface area contributed by atoms with Crippen LogP contribution in [0, 0.1) is 0 Å². The monoisotopic (exact) mass is 103 g/mol. The van der Waals surface area contributed by atoms with Crippen molar-refractivity contribution in [3.05, 3.63) is 0 Å². The first-order chi connectivity index (χ1) is 1.73. The van der Waals surface area contributed by atoms with Crippen LogP contribution >= 0.6 is 0 Å². The minimum absolute atomic E-state index is 0. The zero-order valence-corrected chi connectivity index (χ0v) is 5.45. The van der Waals surface area contributed by atoms with Crippen molar-refractivity contribution in [2.24, 2.45) is 0 Å². The van der Waals surface area contributed by atoms with Gasteiger partial charge in [-0.1, -0.05) is 0 Å². The Kier molecular flexibility index (Phi) is 9.55. The Morgan fingerprint density at radius 3 is 1.40 bits per heavy atom. The molecule has 0 fully saturated rings. The van der Waals surface area contributed by atoms with E-state index < -0.39 is 11.4 Å². The molecule has 0 rings (SSSR count). The molecular formula is NaO3S-. The molecule has 3 nitrogen and oxygen atoms in total. The second-order valence-corrected chi connectivity index (χ2v) is 0.612. The maximum atomic E-state index is 8.44. The SMILES string of the molecule is O=S([O-])[O-].[Na+]. The molecule has 0 atom stereocenters. The zero-order valence-electron chi connectivity index (χ0n) is 2.63. The quantitative estimate of drug-likeness (QED) is 0.232. The predicted molar refractivity (Wildman–Crippen MR) is 9.70 cm³/mol. The summed E-state index contributed by atoms with van der Waals surface area (Å²) in [6.07, 6.45) is 0. The first-order valence-corrected chi connectivity index (χ1v) is 1.50. The van der Waals surface area contributed by atoms with Crippen LogP contribution in [0.3, 0.4) is 0 Å². The molecule has 0 bridgehead atoms. The van der Waals surface area contributed by atoms with E-state index in [1.54, 1.807) is 0 Å². The van der Waals surface area contributed by atoms with E-state index in [4.69, 9.17) is 13.3 Å². The van der Waals surface area contributed by atoms with Crippen LogP contribution in [0.15, 0.2) is 0 Å². The first-order valence-electron chi connectivity index (χ1n) is 0.500. The van der Waals surface area contributed by atoms with E-state index in [1.165, 1.54) is 0 Å². The smallest absolute Gasteiger partial charge is 0.784 e. The third-order valence-electron chi connectivity index (χ3n) is 0. The van der Waals surface area contributed by atoms with Crippen LogP contribution < -0.4 is 29.6 Å². The third kappa shape index (κ3) is 41.7. The van der Waals surface area contributed by atoms with Gasteiger partial charge in [-0.3, -0.25) is 4.21 Å². The molecule has 0 unspecified atom stereocenters. The molecule has 0 aliphatic heterocycles. The van der Waals surface area contributed by atoms with Gasteiger partial charge < -0.3 is 9.11 Å². The van der Waals surface area contributed by atoms with Crippen LogP contribution in [-0.2, 0) is 11.4 Å². The van der Waals surface area contributed by atoms with Gasteiger partial charge in [0.2, 0.25) is 0 Å². The van der Waals surface area contributed by atoms with E-state index in [9.17, 15) is 0 Å². The Hall–Kier alpha value is 1.07. The standard InChI is InChI=1S/Na.H2O3S/c;1-4(2)3/h;(H2,1,2,3)/q+1;/p-2. The van der Waals surface area contributed by atoms with Crippen LogP contribution in [0.1, 0.15) is 0 Å². The molecule has 0 aliphatic carbocycles. The van der Waals surface area contributed by atoms with Crippen molar-refractivity contribution in [3.8, 4) is 0 Å². The number of hydrogen-bond acceptors (Lipinski definition) is 3. The van der Waals surface area contributed by atoms with Crippen molar-refractivity contribution in [1.29, 1.82) is 0 Å². The molecule has 0 saturated carbocycles. The molecule has 0 aliphatic rings. The Bertz CT molecular complexity index is 29.9. The Labute approximate surface area is 54.2 Å². The van der Waals surface area contributed by atoms with E-state index in [0.29, 0.717) is 0 Å². The molecule has 0 spiro atoms. The fourth-order valence-corrected chi connectivity index (χ4v) is 0. The van der Waals surface area contributed by atoms with E-state index >= 15 is 0 Å². The van der Waals surface area contributed by atoms with Crippen LogP contribution in [0.5, 0.6) is 0 Å². The summed E-state index contributed by atoms with van der Waals surface area (Å²) < 4.78 is 25.3. The molecular weight excluding hydrogens is 103 g/mol. The molecule has 0 heterocycles. The van der Waals surface area contributed by atoms with Crippen LogP contribution in [0.25, 0.3) is 0 Å². The van der Waals surface area contributed by atoms with Gasteiger partial charge in [0.05, 0.1) is 0 Å². The van der Waals surface area contributed by atoms with Gasteiger partial charge in [0.1, 0.15) is 0 Å². The predicted octanol–water partition coefficient (Wildman–Crippen LogP) is -4.00. The Morgan fingerprint density at radius 1 is 1.40 bits per heavy atom. The van der Waals surface area contributed by atoms with E-state index in [-0.39, 0.29) is 29.6 Å². The largest absolute Gasteiger partial charge is 1.00 e. The van der Waals surface area contributed by atoms with Gasteiger partial charge in [0.25, 0.3) is 0 Å². The summed E-state index contributed by atoms with van der Waals surface area (Å²) in [5, 5.41) is 0. The van der Waals surface area contributed by atoms with Crippen LogP contribution in [0.2, 0.25) is 0 Å². The van der Waals surface area contributed by atoms with E-state index in [2.05, 4.69) is 0 Å². The fraction of sp³-hybridized carbons (Fsp3) is 0. The van der Waals surface area contributed by atoms with Gasteiger partial charge in [0.15, 0.2) is 0 Å². The molecule has 0 amide bonds. The summed E-state index contributed by atoms with van der Waals surface area (Å²) >= 11 is -3.11. The summed E-state index contributed by atoms with van der Waals surface area (Å²) in [4.78, 5) is 0. The maximum Gasteiger partial charge on any atom is 1.00 e. The summed E-state index contributed by atoms with van der Waals surface area (Å²) in [6.45, 7) is 0. The second-order valence-electron chi connectivity index (χ2n) is 0.204. The number of rotatable bonds is 0. The molecule has 5 heavy (non-hydrogen) atoms. The molecule has 0 aromatic rings. The minimum Gasteiger partial charge on any atom is -0.784 e. The Balaban J connectivity index is 0. The van der Waals surface area contributed by atoms with Gasteiger partial charge in [-0.15, -0.1) is 11.4 Å². The average Bonchev–Trinajstić information content (AvgIpc) is 0.811. The number of hydrogen-bond donors (Lipinski definition) is 0. The Morgan fingerprint density at radius 2 is 1.40 bits per heavy atom. The molecule has 0 radical (unpaired) electrons. The average molecular weight is 103 g/mol. The van der Waals surface area contributed by atoms with Gasteiger partial charge in [-0.25, -0.2) is 0 Å². The fourth-order valence-electron chi connectivity index (χ4n) is 0. The van der Waals surface area contributed by atoms with Gasteiger partial charge in [-0.05, 0) is 0 Å². The second kappa shape index (κ2) is 5.07. The van der Waals surface area contributed by atoms with Crippen molar-refractivity contribution in [1.82, 2.24) is 0 Å². The molecule has 0 saturated heterocycles. The van der Waals surface area contributed by atoms with Crippen molar-refractivity contribution in [2.75, 3.05) is 0 Å². The van der Waals surface area contributed by atoms with Gasteiger partial charge in [0, 0.05) is 0 Å². The first kappa shape index (κ1) is 9.42. The van der Waals surface area contributed by atoms with Crippen LogP contribution in [0.4, 0.5) is 0 Å². The topological polar surface area (TPSA) is 63.2 Å². The summed E-state index contributed by atoms with van der Waals surface area (Å²) in [5.74, 6) is 0. The van der Waals surface area contributed by atoms with Crippen molar-refractivity contribution in [2.45, 2.75) is 0 Å². The third-order valence-corrected chi connectivity index (χ3v) is 0. The van der Waals surface area contributed by atoms with Crippen molar-refractivity contribution >= 4 is 11.4 Å². The molecule has 0 aromatic carbocycles. The molecule has 26 valence electrons.